The smallest absolute Gasteiger partial charge is 0.253 e. The van der Waals surface area contributed by atoms with Crippen LogP contribution in [0.15, 0.2) is 59.6 Å². The molecule has 2 aliphatic rings. The fraction of sp³-hybridized carbons (Fsp3) is 0.391. The summed E-state index contributed by atoms with van der Waals surface area (Å²) in [5.41, 5.74) is 1.29. The lowest BCUT2D eigenvalue weighted by atomic mass is 9.96. The van der Waals surface area contributed by atoms with Gasteiger partial charge in [-0.2, -0.15) is 4.99 Å². The van der Waals surface area contributed by atoms with E-state index in [0.717, 1.165) is 17.0 Å². The van der Waals surface area contributed by atoms with Gasteiger partial charge in [-0.1, -0.05) is 62.9 Å². The Morgan fingerprint density at radius 1 is 1.10 bits per heavy atom. The van der Waals surface area contributed by atoms with E-state index in [-0.39, 0.29) is 28.7 Å². The predicted octanol–water partition coefficient (Wildman–Crippen LogP) is 3.91. The highest BCUT2D eigenvalue weighted by atomic mass is 32.2. The van der Waals surface area contributed by atoms with Crippen molar-refractivity contribution in [1.29, 1.82) is 0 Å². The highest BCUT2D eigenvalue weighted by Crippen LogP contribution is 2.41. The van der Waals surface area contributed by atoms with E-state index in [9.17, 15) is 13.2 Å². The van der Waals surface area contributed by atoms with Crippen molar-refractivity contribution in [2.24, 2.45) is 10.4 Å². The normalized spacial score (nSPS) is 23.7. The van der Waals surface area contributed by atoms with Crippen LogP contribution in [0, 0.1) is 5.41 Å². The fourth-order valence-corrected chi connectivity index (χ4v) is 7.48. The summed E-state index contributed by atoms with van der Waals surface area (Å²) in [4.78, 5) is 18.8. The number of rotatable bonds is 4. The van der Waals surface area contributed by atoms with Gasteiger partial charge in [-0.15, -0.1) is 0 Å². The van der Waals surface area contributed by atoms with Crippen LogP contribution in [0.1, 0.15) is 26.3 Å². The molecular weight excluding hydrogens is 432 g/mol. The summed E-state index contributed by atoms with van der Waals surface area (Å²) in [6.07, 6.45) is 0. The Kier molecular flexibility index (Phi) is 5.87. The summed E-state index contributed by atoms with van der Waals surface area (Å²) in [5, 5.41) is 0.452. The minimum Gasteiger partial charge on any atom is -0.489 e. The van der Waals surface area contributed by atoms with Crippen LogP contribution < -0.4 is 9.64 Å². The number of fused-ring (bicyclic) bond motifs is 1. The molecular formula is C23H26N2O4S2. The molecule has 164 valence electrons. The monoisotopic (exact) mass is 458 g/mol. The maximum Gasteiger partial charge on any atom is 0.253 e. The molecule has 1 amide bonds. The average molecular weight is 459 g/mol. The molecule has 2 aromatic rings. The number of carbonyl (C=O) groups excluding carboxylic acids is 1. The van der Waals surface area contributed by atoms with Gasteiger partial charge < -0.3 is 9.64 Å². The van der Waals surface area contributed by atoms with E-state index >= 15 is 0 Å². The Labute approximate surface area is 187 Å². The zero-order valence-corrected chi connectivity index (χ0v) is 19.4. The zero-order valence-electron chi connectivity index (χ0n) is 17.8. The molecule has 0 N–H and O–H groups in total. The van der Waals surface area contributed by atoms with E-state index in [4.69, 9.17) is 4.74 Å². The van der Waals surface area contributed by atoms with Crippen LogP contribution in [-0.4, -0.2) is 42.3 Å². The highest BCUT2D eigenvalue weighted by molar-refractivity contribution is 8.16. The van der Waals surface area contributed by atoms with Crippen molar-refractivity contribution in [3.8, 4) is 5.75 Å². The number of ether oxygens (including phenoxy) is 1. The summed E-state index contributed by atoms with van der Waals surface area (Å²) in [6, 6.07) is 17.2. The maximum atomic E-state index is 12.6. The molecule has 6 nitrogen and oxygen atoms in total. The fourth-order valence-electron chi connectivity index (χ4n) is 3.56. The summed E-state index contributed by atoms with van der Waals surface area (Å²) in [6.45, 7) is 5.95. The van der Waals surface area contributed by atoms with Gasteiger partial charge in [-0.05, 0) is 29.8 Å². The van der Waals surface area contributed by atoms with Gasteiger partial charge in [-0.25, -0.2) is 8.42 Å². The number of hydrogen-bond donors (Lipinski definition) is 0. The van der Waals surface area contributed by atoms with Gasteiger partial charge in [-0.3, -0.25) is 4.79 Å². The molecule has 2 aliphatic heterocycles. The second kappa shape index (κ2) is 8.31. The van der Waals surface area contributed by atoms with Crippen LogP contribution in [-0.2, 0) is 21.2 Å². The van der Waals surface area contributed by atoms with Crippen molar-refractivity contribution in [2.45, 2.75) is 38.7 Å². The molecule has 0 spiro atoms. The Morgan fingerprint density at radius 3 is 2.42 bits per heavy atom. The van der Waals surface area contributed by atoms with Gasteiger partial charge >= 0.3 is 0 Å². The van der Waals surface area contributed by atoms with Crippen molar-refractivity contribution in [1.82, 2.24) is 0 Å². The lowest BCUT2D eigenvalue weighted by molar-refractivity contribution is -0.124. The zero-order chi connectivity index (χ0) is 22.2. The first-order valence-corrected chi connectivity index (χ1v) is 12.9. The number of carbonyl (C=O) groups is 1. The minimum absolute atomic E-state index is 0.0691. The molecule has 0 saturated carbocycles. The second-order valence-electron chi connectivity index (χ2n) is 8.89. The first-order chi connectivity index (χ1) is 14.6. The quantitative estimate of drug-likeness (QED) is 0.691. The molecule has 2 aromatic carbocycles. The Balaban J connectivity index is 1.57. The van der Waals surface area contributed by atoms with Crippen molar-refractivity contribution < 1.29 is 17.9 Å². The lowest BCUT2D eigenvalue weighted by Gasteiger charge is -2.25. The van der Waals surface area contributed by atoms with Gasteiger partial charge in [0.1, 0.15) is 12.4 Å². The molecule has 0 unspecified atom stereocenters. The van der Waals surface area contributed by atoms with Gasteiger partial charge in [0.05, 0.1) is 17.5 Å². The van der Waals surface area contributed by atoms with Crippen molar-refractivity contribution >= 4 is 38.4 Å². The van der Waals surface area contributed by atoms with Gasteiger partial charge in [0.15, 0.2) is 15.0 Å². The van der Waals surface area contributed by atoms with Gasteiger partial charge in [0.25, 0.3) is 5.91 Å². The van der Waals surface area contributed by atoms with Crippen LogP contribution in [0.4, 0.5) is 5.69 Å². The third-order valence-corrected chi connectivity index (χ3v) is 8.48. The predicted molar refractivity (Wildman–Crippen MR) is 125 cm³/mol. The molecule has 0 aliphatic carbocycles. The Hall–Kier alpha value is -2.32. The molecule has 4 rings (SSSR count). The molecule has 2 heterocycles. The minimum atomic E-state index is -3.10. The van der Waals surface area contributed by atoms with Crippen LogP contribution >= 0.6 is 11.8 Å². The summed E-state index contributed by atoms with van der Waals surface area (Å²) < 4.78 is 30.3. The number of nitrogens with zero attached hydrogens (tertiary/aromatic N) is 2. The van der Waals surface area contributed by atoms with Crippen molar-refractivity contribution in [3.63, 3.8) is 0 Å². The summed E-state index contributed by atoms with van der Waals surface area (Å²) in [5.74, 6) is 0.685. The van der Waals surface area contributed by atoms with Crippen LogP contribution in [0.2, 0.25) is 0 Å². The van der Waals surface area contributed by atoms with Crippen LogP contribution in [0.3, 0.4) is 0 Å². The number of amides is 1. The molecule has 2 saturated heterocycles. The molecule has 0 radical (unpaired) electrons. The number of sulfone groups is 1. The van der Waals surface area contributed by atoms with Crippen LogP contribution in [0.25, 0.3) is 0 Å². The van der Waals surface area contributed by atoms with Crippen molar-refractivity contribution in [3.05, 3.63) is 60.2 Å². The first-order valence-electron chi connectivity index (χ1n) is 10.2. The maximum absolute atomic E-state index is 12.6. The third-order valence-electron chi connectivity index (χ3n) is 5.27. The second-order valence-corrected chi connectivity index (χ2v) is 12.2. The molecule has 8 heteroatoms. The lowest BCUT2D eigenvalue weighted by Crippen LogP contribution is -2.38. The van der Waals surface area contributed by atoms with E-state index in [1.807, 2.05) is 80.3 Å². The van der Waals surface area contributed by atoms with E-state index in [1.165, 1.54) is 11.8 Å². The van der Waals surface area contributed by atoms with Crippen LogP contribution in [0.5, 0.6) is 5.75 Å². The Bertz CT molecular complexity index is 1090. The molecule has 0 bridgehead atoms. The van der Waals surface area contributed by atoms with E-state index in [2.05, 4.69) is 4.99 Å². The number of aliphatic imine (C=N–C) groups is 1. The van der Waals surface area contributed by atoms with Gasteiger partial charge in [0.2, 0.25) is 0 Å². The molecule has 2 atom stereocenters. The molecule has 0 aromatic heterocycles. The van der Waals surface area contributed by atoms with E-state index < -0.39 is 15.3 Å². The van der Waals surface area contributed by atoms with E-state index in [1.54, 1.807) is 0 Å². The topological polar surface area (TPSA) is 76.0 Å². The number of anilines is 1. The van der Waals surface area contributed by atoms with Crippen molar-refractivity contribution in [2.75, 3.05) is 16.4 Å². The summed E-state index contributed by atoms with van der Waals surface area (Å²) in [7, 11) is -3.10. The van der Waals surface area contributed by atoms with Gasteiger partial charge in [0, 0.05) is 16.4 Å². The number of benzene rings is 2. The molecule has 31 heavy (non-hydrogen) atoms. The largest absolute Gasteiger partial charge is 0.489 e. The third kappa shape index (κ3) is 4.96. The highest BCUT2D eigenvalue weighted by Gasteiger charge is 2.49. The first kappa shape index (κ1) is 21.9. The number of hydrogen-bond acceptors (Lipinski definition) is 5. The molecule has 2 fully saturated rings. The number of thioether (sulfide) groups is 1. The Morgan fingerprint density at radius 2 is 1.77 bits per heavy atom. The van der Waals surface area contributed by atoms with E-state index in [0.29, 0.717) is 11.8 Å². The summed E-state index contributed by atoms with van der Waals surface area (Å²) >= 11 is 1.39. The SMILES string of the molecule is CC(C)(C)C(=O)N=C1S[C@H]2CS(=O)(=O)C[C@@H]2N1c1ccc(OCc2ccccc2)cc1. The average Bonchev–Trinajstić information content (AvgIpc) is 3.17. The standard InChI is InChI=1S/C23H26N2O4S2/c1-23(2,3)21(26)24-22-25(19-14-31(27,28)15-20(19)30-22)17-9-11-18(12-10-17)29-13-16-7-5-4-6-8-16/h4-12,19-20H,13-15H2,1-3H3/t19-,20-/m0/s1. The number of amidine groups is 1.